The van der Waals surface area contributed by atoms with Crippen LogP contribution >= 0.6 is 0 Å². The van der Waals surface area contributed by atoms with Gasteiger partial charge in [0.05, 0.1) is 5.56 Å². The normalized spacial score (nSPS) is 11.4. The zero-order valence-corrected chi connectivity index (χ0v) is 10.0. The Labute approximate surface area is 111 Å². The van der Waals surface area contributed by atoms with Crippen molar-refractivity contribution in [1.82, 2.24) is 0 Å². The number of amides is 1. The molecular formula is C14H9F4NO. The van der Waals surface area contributed by atoms with E-state index in [-0.39, 0.29) is 16.7 Å². The number of rotatable bonds is 2. The van der Waals surface area contributed by atoms with Crippen molar-refractivity contribution in [2.45, 2.75) is 6.18 Å². The predicted octanol–water partition coefficient (Wildman–Crippen LogP) is 3.61. The molecule has 2 aromatic carbocycles. The van der Waals surface area contributed by atoms with Gasteiger partial charge in [0, 0.05) is 5.56 Å². The van der Waals surface area contributed by atoms with Crippen LogP contribution in [0.15, 0.2) is 42.5 Å². The molecule has 0 aliphatic rings. The molecule has 2 nitrogen and oxygen atoms in total. The van der Waals surface area contributed by atoms with E-state index in [1.807, 2.05) is 0 Å². The third kappa shape index (κ3) is 2.79. The maximum Gasteiger partial charge on any atom is 0.416 e. The number of hydrogen-bond acceptors (Lipinski definition) is 1. The average Bonchev–Trinajstić information content (AvgIpc) is 2.37. The van der Waals surface area contributed by atoms with Gasteiger partial charge in [-0.05, 0) is 41.5 Å². The van der Waals surface area contributed by atoms with Crippen molar-refractivity contribution in [1.29, 1.82) is 0 Å². The van der Waals surface area contributed by atoms with Crippen molar-refractivity contribution in [3.63, 3.8) is 0 Å². The summed E-state index contributed by atoms with van der Waals surface area (Å²) >= 11 is 0. The lowest BCUT2D eigenvalue weighted by Gasteiger charge is -2.10. The Balaban J connectivity index is 2.52. The Hall–Kier alpha value is -2.37. The fourth-order valence-electron chi connectivity index (χ4n) is 1.81. The van der Waals surface area contributed by atoms with E-state index < -0.39 is 23.5 Å². The maximum absolute atomic E-state index is 13.2. The molecule has 0 fully saturated rings. The highest BCUT2D eigenvalue weighted by atomic mass is 19.4. The predicted molar refractivity (Wildman–Crippen MR) is 65.4 cm³/mol. The second-order valence-electron chi connectivity index (χ2n) is 4.13. The smallest absolute Gasteiger partial charge is 0.366 e. The van der Waals surface area contributed by atoms with Gasteiger partial charge in [-0.1, -0.05) is 12.1 Å². The summed E-state index contributed by atoms with van der Waals surface area (Å²) in [5.74, 6) is -1.38. The first-order chi connectivity index (χ1) is 9.29. The molecule has 104 valence electrons. The molecule has 1 amide bonds. The summed E-state index contributed by atoms with van der Waals surface area (Å²) < 4.78 is 50.6. The van der Waals surface area contributed by atoms with E-state index in [9.17, 15) is 22.4 Å². The second kappa shape index (κ2) is 4.96. The zero-order valence-electron chi connectivity index (χ0n) is 10.0. The molecule has 0 aromatic heterocycles. The van der Waals surface area contributed by atoms with Gasteiger partial charge in [-0.15, -0.1) is 0 Å². The van der Waals surface area contributed by atoms with Crippen LogP contribution in [-0.2, 0) is 6.18 Å². The zero-order chi connectivity index (χ0) is 14.9. The molecule has 0 atom stereocenters. The summed E-state index contributed by atoms with van der Waals surface area (Å²) in [4.78, 5) is 11.3. The Morgan fingerprint density at radius 2 is 1.60 bits per heavy atom. The van der Waals surface area contributed by atoms with E-state index in [0.29, 0.717) is 0 Å². The highest BCUT2D eigenvalue weighted by molar-refractivity contribution is 5.99. The minimum Gasteiger partial charge on any atom is -0.366 e. The van der Waals surface area contributed by atoms with Gasteiger partial charge in [0.2, 0.25) is 5.91 Å². The molecule has 0 radical (unpaired) electrons. The van der Waals surface area contributed by atoms with Crippen molar-refractivity contribution in [3.8, 4) is 11.1 Å². The van der Waals surface area contributed by atoms with Crippen molar-refractivity contribution < 1.29 is 22.4 Å². The van der Waals surface area contributed by atoms with Crippen molar-refractivity contribution >= 4 is 5.91 Å². The lowest BCUT2D eigenvalue weighted by molar-refractivity contribution is -0.137. The first-order valence-corrected chi connectivity index (χ1v) is 5.56. The third-order valence-corrected chi connectivity index (χ3v) is 2.77. The number of halogens is 4. The van der Waals surface area contributed by atoms with Gasteiger partial charge in [0.25, 0.3) is 0 Å². The molecule has 2 N–H and O–H groups in total. The molecule has 0 bridgehead atoms. The summed E-state index contributed by atoms with van der Waals surface area (Å²) in [6, 6.07) is 7.39. The van der Waals surface area contributed by atoms with E-state index in [1.54, 1.807) is 0 Å². The summed E-state index contributed by atoms with van der Waals surface area (Å²) in [6.07, 6.45) is -4.45. The first-order valence-electron chi connectivity index (χ1n) is 5.56. The van der Waals surface area contributed by atoms with Crippen molar-refractivity contribution in [2.75, 3.05) is 0 Å². The Morgan fingerprint density at radius 1 is 1.00 bits per heavy atom. The monoisotopic (exact) mass is 283 g/mol. The summed E-state index contributed by atoms with van der Waals surface area (Å²) in [6.45, 7) is 0. The number of alkyl halides is 3. The molecule has 2 rings (SSSR count). The number of carbonyl (C=O) groups excluding carboxylic acids is 1. The minimum absolute atomic E-state index is 0.0474. The number of primary amides is 1. The molecule has 0 unspecified atom stereocenters. The van der Waals surface area contributed by atoms with E-state index in [2.05, 4.69) is 0 Å². The topological polar surface area (TPSA) is 43.1 Å². The van der Waals surface area contributed by atoms with Crippen LogP contribution in [0.3, 0.4) is 0 Å². The van der Waals surface area contributed by atoms with Crippen LogP contribution in [0.4, 0.5) is 17.6 Å². The van der Waals surface area contributed by atoms with Gasteiger partial charge in [-0.3, -0.25) is 4.79 Å². The van der Waals surface area contributed by atoms with E-state index in [1.165, 1.54) is 18.2 Å². The van der Waals surface area contributed by atoms with Crippen LogP contribution in [0.5, 0.6) is 0 Å². The van der Waals surface area contributed by atoms with Crippen LogP contribution < -0.4 is 5.73 Å². The summed E-state index contributed by atoms with van der Waals surface area (Å²) in [5.41, 5.74) is 4.83. The van der Waals surface area contributed by atoms with Crippen LogP contribution in [0.25, 0.3) is 11.1 Å². The van der Waals surface area contributed by atoms with Gasteiger partial charge in [-0.2, -0.15) is 13.2 Å². The Bertz CT molecular complexity index is 647. The molecular weight excluding hydrogens is 274 g/mol. The molecule has 0 spiro atoms. The molecule has 0 aliphatic carbocycles. The third-order valence-electron chi connectivity index (χ3n) is 2.77. The molecule has 0 aliphatic heterocycles. The molecule has 6 heteroatoms. The van der Waals surface area contributed by atoms with Crippen LogP contribution in [0, 0.1) is 5.82 Å². The first kappa shape index (κ1) is 14.0. The molecule has 20 heavy (non-hydrogen) atoms. The molecule has 0 saturated heterocycles. The minimum atomic E-state index is -4.45. The van der Waals surface area contributed by atoms with Crippen molar-refractivity contribution in [2.24, 2.45) is 5.73 Å². The molecule has 0 heterocycles. The van der Waals surface area contributed by atoms with Crippen LogP contribution in [0.2, 0.25) is 0 Å². The van der Waals surface area contributed by atoms with E-state index in [0.717, 1.165) is 24.3 Å². The number of hydrogen-bond donors (Lipinski definition) is 1. The highest BCUT2D eigenvalue weighted by Gasteiger charge is 2.30. The molecule has 2 aromatic rings. The lowest BCUT2D eigenvalue weighted by atomic mass is 9.98. The lowest BCUT2D eigenvalue weighted by Crippen LogP contribution is -2.12. The maximum atomic E-state index is 13.2. The van der Waals surface area contributed by atoms with Gasteiger partial charge < -0.3 is 5.73 Å². The van der Waals surface area contributed by atoms with Gasteiger partial charge in [-0.25, -0.2) is 4.39 Å². The second-order valence-corrected chi connectivity index (χ2v) is 4.13. The van der Waals surface area contributed by atoms with Crippen LogP contribution in [-0.4, -0.2) is 5.91 Å². The van der Waals surface area contributed by atoms with E-state index >= 15 is 0 Å². The largest absolute Gasteiger partial charge is 0.416 e. The summed E-state index contributed by atoms with van der Waals surface area (Å²) in [5, 5.41) is 0. The quantitative estimate of drug-likeness (QED) is 0.841. The number of carbonyl (C=O) groups is 1. The fraction of sp³-hybridized carbons (Fsp3) is 0.0714. The SMILES string of the molecule is NC(=O)c1ccc(F)cc1-c1ccc(C(F)(F)F)cc1. The van der Waals surface area contributed by atoms with Gasteiger partial charge >= 0.3 is 6.18 Å². The van der Waals surface area contributed by atoms with Gasteiger partial charge in [0.1, 0.15) is 5.82 Å². The Morgan fingerprint density at radius 3 is 2.10 bits per heavy atom. The summed E-state index contributed by atoms with van der Waals surface area (Å²) in [7, 11) is 0. The Kier molecular flexibility index (Phi) is 3.48. The van der Waals surface area contributed by atoms with Crippen molar-refractivity contribution in [3.05, 3.63) is 59.4 Å². The fourth-order valence-corrected chi connectivity index (χ4v) is 1.81. The molecule has 0 saturated carbocycles. The van der Waals surface area contributed by atoms with Gasteiger partial charge in [0.15, 0.2) is 0 Å². The highest BCUT2D eigenvalue weighted by Crippen LogP contribution is 2.32. The average molecular weight is 283 g/mol. The number of benzene rings is 2. The van der Waals surface area contributed by atoms with Crippen LogP contribution in [0.1, 0.15) is 15.9 Å². The standard InChI is InChI=1S/C14H9F4NO/c15-10-5-6-11(13(19)20)12(7-10)8-1-3-9(4-2-8)14(16,17)18/h1-7H,(H2,19,20). The van der Waals surface area contributed by atoms with E-state index in [4.69, 9.17) is 5.73 Å². The number of nitrogens with two attached hydrogens (primary N) is 1.